The Labute approximate surface area is 300 Å². The van der Waals surface area contributed by atoms with E-state index in [1.807, 2.05) is 102 Å². The highest BCUT2D eigenvalue weighted by Crippen LogP contribution is 2.42. The molecule has 0 N–H and O–H groups in total. The third-order valence-electron chi connectivity index (χ3n) is 6.06. The Kier molecular flexibility index (Phi) is 13.8. The summed E-state index contributed by atoms with van der Waals surface area (Å²) in [4.78, 5) is 25.3. The highest BCUT2D eigenvalue weighted by atomic mass is 32.2. The van der Waals surface area contributed by atoms with Crippen LogP contribution in [0.2, 0.25) is 0 Å². The number of hydrogen-bond donors (Lipinski definition) is 0. The van der Waals surface area contributed by atoms with Gasteiger partial charge in [0.1, 0.15) is 37.1 Å². The first-order chi connectivity index (χ1) is 24.1. The van der Waals surface area contributed by atoms with Gasteiger partial charge in [0, 0.05) is 0 Å². The van der Waals surface area contributed by atoms with Crippen molar-refractivity contribution in [2.45, 2.75) is 72.3 Å². The van der Waals surface area contributed by atoms with Crippen LogP contribution < -0.4 is 9.47 Å². The van der Waals surface area contributed by atoms with Crippen molar-refractivity contribution in [2.24, 2.45) is 0 Å². The molecule has 0 unspecified atom stereocenters. The molecule has 9 nitrogen and oxygen atoms in total. The lowest BCUT2D eigenvalue weighted by Gasteiger charge is -2.21. The van der Waals surface area contributed by atoms with Gasteiger partial charge < -0.3 is 23.5 Å². The predicted molar refractivity (Wildman–Crippen MR) is 178 cm³/mol. The standard InChI is InChI=1S/C30H35O6S.C6HF5O3S/c1-29(2,3)35-26(31)20-33-24-18-13-19-25(34-21-27(32)36-30(4,5)6)28(24)37(22-14-9-7-10-15-22)23-16-11-8-12-17-23;7-1-2(8)4(10)6(15(12,13)14)5(11)3(1)9/h7-19H,20-21H2,1-6H3;(H,12,13,14)/q+1;/p-1. The number of carbonyl (C=O) groups is 2. The zero-order valence-electron chi connectivity index (χ0n) is 28.8. The van der Waals surface area contributed by atoms with E-state index >= 15 is 0 Å². The fraction of sp³-hybridized carbons (Fsp3) is 0.278. The lowest BCUT2D eigenvalue weighted by atomic mass is 10.2. The Bertz CT molecular complexity index is 1860. The maximum atomic E-state index is 12.6. The number of benzene rings is 4. The number of esters is 2. The van der Waals surface area contributed by atoms with Crippen LogP contribution in [0.25, 0.3) is 0 Å². The molecule has 0 saturated heterocycles. The topological polar surface area (TPSA) is 128 Å². The molecule has 4 aromatic rings. The second-order valence-electron chi connectivity index (χ2n) is 12.6. The summed E-state index contributed by atoms with van der Waals surface area (Å²) in [6, 6.07) is 25.4. The van der Waals surface area contributed by atoms with Gasteiger partial charge in [-0.3, -0.25) is 0 Å². The molecule has 0 fully saturated rings. The lowest BCUT2D eigenvalue weighted by Crippen LogP contribution is -2.28. The monoisotopic (exact) mass is 770 g/mol. The fourth-order valence-corrected chi connectivity index (χ4v) is 7.11. The van der Waals surface area contributed by atoms with Crippen LogP contribution in [0.15, 0.2) is 98.4 Å². The molecule has 0 amide bonds. The Morgan fingerprint density at radius 2 is 0.942 bits per heavy atom. The minimum absolute atomic E-state index is 0.263. The molecule has 4 aromatic carbocycles. The second kappa shape index (κ2) is 17.2. The molecule has 0 aliphatic carbocycles. The van der Waals surface area contributed by atoms with Crippen molar-refractivity contribution in [1.82, 2.24) is 0 Å². The van der Waals surface area contributed by atoms with Crippen LogP contribution in [0.5, 0.6) is 11.5 Å². The van der Waals surface area contributed by atoms with Crippen molar-refractivity contribution in [3.05, 3.63) is 108 Å². The summed E-state index contributed by atoms with van der Waals surface area (Å²) >= 11 is 0. The molecule has 0 spiro atoms. The van der Waals surface area contributed by atoms with Gasteiger partial charge in [-0.05, 0) is 77.9 Å². The number of hydrogen-bond acceptors (Lipinski definition) is 9. The van der Waals surface area contributed by atoms with Gasteiger partial charge in [-0.1, -0.05) is 42.5 Å². The first-order valence-electron chi connectivity index (χ1n) is 15.2. The molecule has 0 bridgehead atoms. The highest BCUT2D eigenvalue weighted by Gasteiger charge is 2.37. The number of rotatable bonds is 10. The van der Waals surface area contributed by atoms with Crippen molar-refractivity contribution in [1.29, 1.82) is 0 Å². The third-order valence-corrected chi connectivity index (χ3v) is 9.21. The van der Waals surface area contributed by atoms with Gasteiger partial charge >= 0.3 is 11.9 Å². The fourth-order valence-electron chi connectivity index (χ4n) is 4.23. The van der Waals surface area contributed by atoms with Gasteiger partial charge in [-0.2, -0.15) is 0 Å². The molecule has 0 saturated carbocycles. The summed E-state index contributed by atoms with van der Waals surface area (Å²) < 4.78 is 116. The molecule has 0 atom stereocenters. The van der Waals surface area contributed by atoms with Crippen LogP contribution in [0.3, 0.4) is 0 Å². The highest BCUT2D eigenvalue weighted by molar-refractivity contribution is 7.97. The average molecular weight is 771 g/mol. The van der Waals surface area contributed by atoms with Gasteiger partial charge in [0.25, 0.3) is 0 Å². The van der Waals surface area contributed by atoms with Crippen molar-refractivity contribution in [3.63, 3.8) is 0 Å². The summed E-state index contributed by atoms with van der Waals surface area (Å²) in [6.45, 7) is 10.3. The van der Waals surface area contributed by atoms with Gasteiger partial charge in [-0.15, -0.1) is 0 Å². The Hall–Kier alpha value is -4.67. The molecule has 4 rings (SSSR count). The van der Waals surface area contributed by atoms with E-state index in [4.69, 9.17) is 18.9 Å². The van der Waals surface area contributed by atoms with E-state index in [1.54, 1.807) is 18.2 Å². The van der Waals surface area contributed by atoms with Crippen molar-refractivity contribution in [3.8, 4) is 11.5 Å². The van der Waals surface area contributed by atoms with Crippen LogP contribution in [-0.4, -0.2) is 49.3 Å². The Balaban J connectivity index is 0.000000406. The van der Waals surface area contributed by atoms with E-state index in [-0.39, 0.29) is 13.2 Å². The number of halogens is 5. The molecule has 0 aliphatic heterocycles. The first-order valence-corrected chi connectivity index (χ1v) is 17.9. The van der Waals surface area contributed by atoms with Crippen molar-refractivity contribution < 1.29 is 63.5 Å². The molecular formula is C36H35F5O9S2. The van der Waals surface area contributed by atoms with Crippen LogP contribution in [0.4, 0.5) is 22.0 Å². The number of ether oxygens (including phenoxy) is 4. The normalized spacial score (nSPS) is 11.7. The van der Waals surface area contributed by atoms with E-state index in [9.17, 15) is 44.5 Å². The summed E-state index contributed by atoms with van der Waals surface area (Å²) in [6.07, 6.45) is 0. The van der Waals surface area contributed by atoms with E-state index < -0.39 is 78.1 Å². The molecule has 0 aromatic heterocycles. The summed E-state index contributed by atoms with van der Waals surface area (Å²) in [5.74, 6) is -12.8. The van der Waals surface area contributed by atoms with E-state index in [1.165, 1.54) is 0 Å². The van der Waals surface area contributed by atoms with Gasteiger partial charge in [-0.25, -0.2) is 40.0 Å². The molecule has 0 aliphatic rings. The second-order valence-corrected chi connectivity index (χ2v) is 15.9. The SMILES string of the molecule is CC(C)(C)OC(=O)COc1cccc(OCC(=O)OC(C)(C)C)c1[S+](c1ccccc1)c1ccccc1.O=S(=O)([O-])c1c(F)c(F)c(F)c(F)c1F. The Morgan fingerprint density at radius 1 is 0.596 bits per heavy atom. The van der Waals surface area contributed by atoms with E-state index in [0.717, 1.165) is 14.7 Å². The van der Waals surface area contributed by atoms with Crippen molar-refractivity contribution in [2.75, 3.05) is 13.2 Å². The summed E-state index contributed by atoms with van der Waals surface area (Å²) in [7, 11) is -6.43. The average Bonchev–Trinajstić information content (AvgIpc) is 3.04. The van der Waals surface area contributed by atoms with Crippen molar-refractivity contribution >= 4 is 33.0 Å². The van der Waals surface area contributed by atoms with Gasteiger partial charge in [0.15, 0.2) is 57.8 Å². The maximum Gasteiger partial charge on any atom is 0.344 e. The largest absolute Gasteiger partial charge is 0.744 e. The first kappa shape index (κ1) is 41.7. The summed E-state index contributed by atoms with van der Waals surface area (Å²) in [5.41, 5.74) is -1.25. The predicted octanol–water partition coefficient (Wildman–Crippen LogP) is 7.51. The van der Waals surface area contributed by atoms with Crippen LogP contribution >= 0.6 is 0 Å². The third kappa shape index (κ3) is 11.7. The zero-order valence-corrected chi connectivity index (χ0v) is 30.4. The van der Waals surface area contributed by atoms with Crippen LogP contribution in [0, 0.1) is 29.1 Å². The quantitative estimate of drug-likeness (QED) is 0.0402. The maximum absolute atomic E-state index is 12.6. The molecule has 0 radical (unpaired) electrons. The van der Waals surface area contributed by atoms with E-state index in [0.29, 0.717) is 11.5 Å². The lowest BCUT2D eigenvalue weighted by molar-refractivity contribution is -0.158. The van der Waals surface area contributed by atoms with Gasteiger partial charge in [0.05, 0.1) is 0 Å². The minimum atomic E-state index is -5.77. The molecule has 52 heavy (non-hydrogen) atoms. The number of carbonyl (C=O) groups excluding carboxylic acids is 2. The Morgan fingerprint density at radius 3 is 1.27 bits per heavy atom. The molecule has 0 heterocycles. The smallest absolute Gasteiger partial charge is 0.344 e. The molecular weight excluding hydrogens is 736 g/mol. The summed E-state index contributed by atoms with van der Waals surface area (Å²) in [5, 5.41) is 0. The van der Waals surface area contributed by atoms with Crippen LogP contribution in [-0.2, 0) is 40.1 Å². The van der Waals surface area contributed by atoms with Crippen LogP contribution in [0.1, 0.15) is 41.5 Å². The minimum Gasteiger partial charge on any atom is -0.744 e. The zero-order chi connectivity index (χ0) is 39.0. The molecule has 280 valence electrons. The molecule has 16 heteroatoms. The van der Waals surface area contributed by atoms with Gasteiger partial charge in [0.2, 0.25) is 10.7 Å². The van der Waals surface area contributed by atoms with E-state index in [2.05, 4.69) is 0 Å².